The molecule has 0 unspecified atom stereocenters. The normalized spacial score (nSPS) is 14.0. The first-order valence-corrected chi connectivity index (χ1v) is 11.9. The molecular weight excluding hydrogens is 436 g/mol. The Labute approximate surface area is 200 Å². The number of rotatable bonds is 10. The number of ether oxygens (including phenoxy) is 1. The molecule has 3 amide bonds. The number of hydrogen-bond acceptors (Lipinski definition) is 6. The molecule has 34 heavy (non-hydrogen) atoms. The van der Waals surface area contributed by atoms with Gasteiger partial charge in [-0.25, -0.2) is 9.78 Å². The van der Waals surface area contributed by atoms with E-state index in [9.17, 15) is 14.4 Å². The van der Waals surface area contributed by atoms with Gasteiger partial charge in [-0.05, 0) is 45.2 Å². The Kier molecular flexibility index (Phi) is 9.42. The van der Waals surface area contributed by atoms with Crippen molar-refractivity contribution in [1.82, 2.24) is 30.1 Å². The molecule has 2 N–H and O–H groups in total. The summed E-state index contributed by atoms with van der Waals surface area (Å²) in [6, 6.07) is 3.52. The molecule has 0 atom stereocenters. The van der Waals surface area contributed by atoms with Gasteiger partial charge >= 0.3 is 12.0 Å². The summed E-state index contributed by atoms with van der Waals surface area (Å²) >= 11 is 0. The number of hydrogen-bond donors (Lipinski definition) is 2. The number of esters is 1. The van der Waals surface area contributed by atoms with E-state index in [-0.39, 0.29) is 36.8 Å². The number of carbonyl (C=O) groups excluding carboxylic acids is 3. The minimum atomic E-state index is -0.320. The summed E-state index contributed by atoms with van der Waals surface area (Å²) < 4.78 is 6.85. The monoisotopic (exact) mass is 470 g/mol. The number of carbonyl (C=O) groups is 3. The highest BCUT2D eigenvalue weighted by Gasteiger charge is 2.28. The van der Waals surface area contributed by atoms with Crippen LogP contribution in [-0.2, 0) is 16.1 Å². The Morgan fingerprint density at radius 3 is 2.65 bits per heavy atom. The van der Waals surface area contributed by atoms with Crippen LogP contribution in [0.2, 0.25) is 0 Å². The van der Waals surface area contributed by atoms with Crippen molar-refractivity contribution in [2.24, 2.45) is 0 Å². The number of piperidine rings is 1. The van der Waals surface area contributed by atoms with Crippen LogP contribution in [0.25, 0.3) is 0 Å². The molecule has 0 aliphatic carbocycles. The molecule has 184 valence electrons. The van der Waals surface area contributed by atoms with Gasteiger partial charge in [-0.1, -0.05) is 0 Å². The van der Waals surface area contributed by atoms with Gasteiger partial charge in [-0.3, -0.25) is 14.6 Å². The van der Waals surface area contributed by atoms with E-state index >= 15 is 0 Å². The Morgan fingerprint density at radius 2 is 1.94 bits per heavy atom. The fraction of sp³-hybridized carbons (Fsp3) is 0.542. The van der Waals surface area contributed by atoms with E-state index in [4.69, 9.17) is 9.72 Å². The molecule has 0 bridgehead atoms. The van der Waals surface area contributed by atoms with E-state index in [1.54, 1.807) is 24.3 Å². The SMILES string of the molecule is CCOC(=O)CCNC(=O)N1CCC(c2nc(C)ccc2C(=O)NCCCn2ccnc2)CC1. The van der Waals surface area contributed by atoms with Crippen molar-refractivity contribution in [1.29, 1.82) is 0 Å². The molecule has 2 aromatic heterocycles. The lowest BCUT2D eigenvalue weighted by atomic mass is 9.90. The van der Waals surface area contributed by atoms with E-state index < -0.39 is 0 Å². The van der Waals surface area contributed by atoms with Gasteiger partial charge < -0.3 is 24.8 Å². The zero-order valence-electron chi connectivity index (χ0n) is 20.0. The van der Waals surface area contributed by atoms with E-state index in [1.165, 1.54) is 0 Å². The fourth-order valence-corrected chi connectivity index (χ4v) is 4.03. The highest BCUT2D eigenvalue weighted by atomic mass is 16.5. The van der Waals surface area contributed by atoms with Crippen LogP contribution in [-0.4, -0.2) is 70.1 Å². The molecule has 1 aliphatic rings. The Balaban J connectivity index is 1.50. The minimum Gasteiger partial charge on any atom is -0.466 e. The summed E-state index contributed by atoms with van der Waals surface area (Å²) in [5.74, 6) is -0.331. The lowest BCUT2D eigenvalue weighted by Gasteiger charge is -2.32. The van der Waals surface area contributed by atoms with Gasteiger partial charge in [0.1, 0.15) is 0 Å². The van der Waals surface area contributed by atoms with Crippen LogP contribution in [0.3, 0.4) is 0 Å². The Hall–Kier alpha value is -3.43. The van der Waals surface area contributed by atoms with Gasteiger partial charge in [-0.15, -0.1) is 0 Å². The zero-order valence-corrected chi connectivity index (χ0v) is 20.0. The van der Waals surface area contributed by atoms with Gasteiger partial charge in [0.05, 0.1) is 30.6 Å². The Bertz CT molecular complexity index is 954. The first kappa shape index (κ1) is 25.2. The first-order valence-electron chi connectivity index (χ1n) is 11.9. The van der Waals surface area contributed by atoms with Crippen LogP contribution in [0.15, 0.2) is 30.9 Å². The van der Waals surface area contributed by atoms with Crippen LogP contribution in [0.1, 0.15) is 60.3 Å². The standard InChI is InChI=1S/C24H34N6O4/c1-3-34-21(31)7-11-27-24(33)30-14-8-19(9-15-30)22-20(6-5-18(2)28-22)23(32)26-10-4-13-29-16-12-25-17-29/h5-6,12,16-17,19H,3-4,7-11,13-15H2,1-2H3,(H,26,32)(H,27,33). The first-order chi connectivity index (χ1) is 16.5. The maximum absolute atomic E-state index is 12.9. The molecule has 1 saturated heterocycles. The number of amides is 3. The van der Waals surface area contributed by atoms with Gasteiger partial charge in [-0.2, -0.15) is 0 Å². The third-order valence-corrected chi connectivity index (χ3v) is 5.83. The molecule has 10 heteroatoms. The summed E-state index contributed by atoms with van der Waals surface area (Å²) in [5.41, 5.74) is 2.27. The van der Waals surface area contributed by atoms with E-state index in [2.05, 4.69) is 15.6 Å². The fourth-order valence-electron chi connectivity index (χ4n) is 4.03. The maximum Gasteiger partial charge on any atom is 0.317 e. The lowest BCUT2D eigenvalue weighted by Crippen LogP contribution is -2.45. The molecule has 1 aliphatic heterocycles. The number of imidazole rings is 1. The molecule has 1 fully saturated rings. The molecule has 0 saturated carbocycles. The molecule has 0 aromatic carbocycles. The van der Waals surface area contributed by atoms with Crippen LogP contribution < -0.4 is 10.6 Å². The second-order valence-corrected chi connectivity index (χ2v) is 8.34. The smallest absolute Gasteiger partial charge is 0.317 e. The van der Waals surface area contributed by atoms with Crippen LogP contribution in [0.5, 0.6) is 0 Å². The maximum atomic E-state index is 12.9. The molecule has 0 radical (unpaired) electrons. The van der Waals surface area contributed by atoms with Gasteiger partial charge in [0.2, 0.25) is 0 Å². The summed E-state index contributed by atoms with van der Waals surface area (Å²) in [4.78, 5) is 47.2. The molecule has 2 aromatic rings. The predicted octanol–water partition coefficient (Wildman–Crippen LogP) is 2.25. The highest BCUT2D eigenvalue weighted by Crippen LogP contribution is 2.29. The molecule has 3 heterocycles. The van der Waals surface area contributed by atoms with Crippen molar-refractivity contribution >= 4 is 17.9 Å². The van der Waals surface area contributed by atoms with Gasteiger partial charge in [0.15, 0.2) is 0 Å². The molecular formula is C24H34N6O4. The molecule has 0 spiro atoms. The van der Waals surface area contributed by atoms with Crippen molar-refractivity contribution in [2.75, 3.05) is 32.8 Å². The number of aromatic nitrogens is 3. The number of nitrogens with zero attached hydrogens (tertiary/aromatic N) is 4. The molecule has 3 rings (SSSR count). The van der Waals surface area contributed by atoms with E-state index in [0.29, 0.717) is 31.8 Å². The average molecular weight is 471 g/mol. The third kappa shape index (κ3) is 7.29. The van der Waals surface area contributed by atoms with Crippen molar-refractivity contribution in [3.8, 4) is 0 Å². The molecule has 10 nitrogen and oxygen atoms in total. The number of likely N-dealkylation sites (tertiary alicyclic amines) is 1. The van der Waals surface area contributed by atoms with Crippen molar-refractivity contribution in [3.63, 3.8) is 0 Å². The summed E-state index contributed by atoms with van der Waals surface area (Å²) in [6.45, 7) is 6.74. The quantitative estimate of drug-likeness (QED) is 0.406. The number of pyridine rings is 1. The van der Waals surface area contributed by atoms with Crippen LogP contribution in [0, 0.1) is 6.92 Å². The lowest BCUT2D eigenvalue weighted by molar-refractivity contribution is -0.142. The number of aryl methyl sites for hydroxylation is 2. The van der Waals surface area contributed by atoms with Gasteiger partial charge in [0, 0.05) is 56.7 Å². The Morgan fingerprint density at radius 1 is 1.15 bits per heavy atom. The van der Waals surface area contributed by atoms with Crippen LogP contribution in [0.4, 0.5) is 4.79 Å². The predicted molar refractivity (Wildman–Crippen MR) is 126 cm³/mol. The second kappa shape index (κ2) is 12.7. The van der Waals surface area contributed by atoms with E-state index in [1.807, 2.05) is 29.8 Å². The summed E-state index contributed by atoms with van der Waals surface area (Å²) in [6.07, 6.45) is 7.81. The summed E-state index contributed by atoms with van der Waals surface area (Å²) in [7, 11) is 0. The van der Waals surface area contributed by atoms with E-state index in [0.717, 1.165) is 37.2 Å². The second-order valence-electron chi connectivity index (χ2n) is 8.34. The van der Waals surface area contributed by atoms with Crippen molar-refractivity contribution in [2.45, 2.75) is 52.0 Å². The number of urea groups is 1. The van der Waals surface area contributed by atoms with Crippen molar-refractivity contribution in [3.05, 3.63) is 47.8 Å². The number of nitrogens with one attached hydrogen (secondary N) is 2. The zero-order chi connectivity index (χ0) is 24.3. The van der Waals surface area contributed by atoms with Crippen LogP contribution >= 0.6 is 0 Å². The highest BCUT2D eigenvalue weighted by molar-refractivity contribution is 5.95. The third-order valence-electron chi connectivity index (χ3n) is 5.83. The average Bonchev–Trinajstić information content (AvgIpc) is 3.35. The summed E-state index contributed by atoms with van der Waals surface area (Å²) in [5, 5.41) is 5.78. The van der Waals surface area contributed by atoms with Gasteiger partial charge in [0.25, 0.3) is 5.91 Å². The van der Waals surface area contributed by atoms with Crippen molar-refractivity contribution < 1.29 is 19.1 Å². The topological polar surface area (TPSA) is 118 Å². The minimum absolute atomic E-state index is 0.107. The largest absolute Gasteiger partial charge is 0.466 e.